The Morgan fingerprint density at radius 1 is 0.966 bits per heavy atom. The molecule has 0 aliphatic carbocycles. The van der Waals surface area contributed by atoms with E-state index < -0.39 is 0 Å². The van der Waals surface area contributed by atoms with Gasteiger partial charge in [0.2, 0.25) is 5.88 Å². The van der Waals surface area contributed by atoms with Gasteiger partial charge in [-0.2, -0.15) is 0 Å². The van der Waals surface area contributed by atoms with Gasteiger partial charge in [-0.3, -0.25) is 5.41 Å². The molecule has 0 bridgehead atoms. The molecule has 0 saturated carbocycles. The Kier molecular flexibility index (Phi) is 4.39. The molecule has 0 unspecified atom stereocenters. The van der Waals surface area contributed by atoms with Crippen LogP contribution in [0.5, 0.6) is 11.6 Å². The summed E-state index contributed by atoms with van der Waals surface area (Å²) in [6.45, 7) is 2.95. The van der Waals surface area contributed by atoms with Gasteiger partial charge in [0, 0.05) is 18.0 Å². The first kappa shape index (κ1) is 17.7. The SMILES string of the molecule is CCCCn1cnc2c(c1=N)[C@@H](c1ccccc1)c1c(ccc3ccccc13)O2. The van der Waals surface area contributed by atoms with Crippen molar-refractivity contribution in [2.24, 2.45) is 0 Å². The summed E-state index contributed by atoms with van der Waals surface area (Å²) in [7, 11) is 0. The highest BCUT2D eigenvalue weighted by Crippen LogP contribution is 2.47. The van der Waals surface area contributed by atoms with Crippen molar-refractivity contribution < 1.29 is 4.74 Å². The maximum atomic E-state index is 8.98. The van der Waals surface area contributed by atoms with Crippen LogP contribution in [0.25, 0.3) is 10.8 Å². The number of fused-ring (bicyclic) bond motifs is 4. The number of nitrogens with one attached hydrogen (secondary N) is 1. The molecule has 4 heteroatoms. The lowest BCUT2D eigenvalue weighted by Gasteiger charge is -2.29. The number of benzene rings is 3. The minimum absolute atomic E-state index is 0.0878. The lowest BCUT2D eigenvalue weighted by Crippen LogP contribution is -2.30. The molecule has 0 radical (unpaired) electrons. The first-order chi connectivity index (χ1) is 14.3. The van der Waals surface area contributed by atoms with Crippen LogP contribution in [0, 0.1) is 5.41 Å². The number of unbranched alkanes of at least 4 members (excludes halogenated alkanes) is 1. The van der Waals surface area contributed by atoms with Crippen molar-refractivity contribution in [3.63, 3.8) is 0 Å². The van der Waals surface area contributed by atoms with E-state index in [0.717, 1.165) is 47.2 Å². The molecule has 4 nitrogen and oxygen atoms in total. The fraction of sp³-hybridized carbons (Fsp3) is 0.200. The van der Waals surface area contributed by atoms with E-state index in [1.165, 1.54) is 5.39 Å². The van der Waals surface area contributed by atoms with E-state index in [1.807, 2.05) is 16.7 Å². The van der Waals surface area contributed by atoms with E-state index >= 15 is 0 Å². The zero-order chi connectivity index (χ0) is 19.8. The highest BCUT2D eigenvalue weighted by atomic mass is 16.5. The zero-order valence-electron chi connectivity index (χ0n) is 16.4. The molecular formula is C25H23N3O. The largest absolute Gasteiger partial charge is 0.438 e. The van der Waals surface area contributed by atoms with Gasteiger partial charge in [-0.15, -0.1) is 0 Å². The molecular weight excluding hydrogens is 358 g/mol. The van der Waals surface area contributed by atoms with Crippen LogP contribution in [-0.4, -0.2) is 9.55 Å². The Bertz CT molecular complexity index is 1240. The van der Waals surface area contributed by atoms with E-state index in [4.69, 9.17) is 10.1 Å². The number of rotatable bonds is 4. The van der Waals surface area contributed by atoms with Crippen LogP contribution < -0.4 is 10.2 Å². The predicted molar refractivity (Wildman–Crippen MR) is 114 cm³/mol. The van der Waals surface area contributed by atoms with E-state index in [9.17, 15) is 0 Å². The van der Waals surface area contributed by atoms with E-state index in [2.05, 4.69) is 66.5 Å². The molecule has 1 N–H and O–H groups in total. The van der Waals surface area contributed by atoms with Crippen molar-refractivity contribution in [1.29, 1.82) is 5.41 Å². The quantitative estimate of drug-likeness (QED) is 0.440. The van der Waals surface area contributed by atoms with Crippen LogP contribution in [0.1, 0.15) is 42.4 Å². The Labute approximate surface area is 169 Å². The smallest absolute Gasteiger partial charge is 0.228 e. The average molecular weight is 381 g/mol. The summed E-state index contributed by atoms with van der Waals surface area (Å²) in [5.74, 6) is 1.28. The molecule has 2 heterocycles. The first-order valence-electron chi connectivity index (χ1n) is 10.2. The molecule has 3 aromatic carbocycles. The van der Waals surface area contributed by atoms with Crippen molar-refractivity contribution >= 4 is 10.8 Å². The monoisotopic (exact) mass is 381 g/mol. The van der Waals surface area contributed by atoms with Gasteiger partial charge < -0.3 is 9.30 Å². The van der Waals surface area contributed by atoms with Gasteiger partial charge in [-0.25, -0.2) is 4.98 Å². The molecule has 1 aliphatic heterocycles. The number of aromatic nitrogens is 2. The number of aryl methyl sites for hydroxylation is 1. The summed E-state index contributed by atoms with van der Waals surface area (Å²) in [6.07, 6.45) is 3.84. The molecule has 0 spiro atoms. The van der Waals surface area contributed by atoms with Gasteiger partial charge in [0.05, 0.1) is 5.56 Å². The molecule has 0 saturated heterocycles. The predicted octanol–water partition coefficient (Wildman–Crippen LogP) is 5.60. The van der Waals surface area contributed by atoms with Crippen LogP contribution in [0.2, 0.25) is 0 Å². The maximum Gasteiger partial charge on any atom is 0.228 e. The van der Waals surface area contributed by atoms with Crippen molar-refractivity contribution in [1.82, 2.24) is 9.55 Å². The van der Waals surface area contributed by atoms with Gasteiger partial charge in [0.15, 0.2) is 0 Å². The molecule has 1 aliphatic rings. The summed E-state index contributed by atoms with van der Waals surface area (Å²) in [5, 5.41) is 11.3. The Hall–Kier alpha value is -3.40. The van der Waals surface area contributed by atoms with E-state index in [0.29, 0.717) is 11.4 Å². The summed E-state index contributed by atoms with van der Waals surface area (Å²) < 4.78 is 8.18. The second-order valence-corrected chi connectivity index (χ2v) is 7.50. The van der Waals surface area contributed by atoms with Crippen molar-refractivity contribution in [3.05, 3.63) is 95.2 Å². The average Bonchev–Trinajstić information content (AvgIpc) is 2.78. The fourth-order valence-electron chi connectivity index (χ4n) is 4.23. The van der Waals surface area contributed by atoms with Gasteiger partial charge in [-0.05, 0) is 28.8 Å². The Balaban J connectivity index is 1.81. The van der Waals surface area contributed by atoms with E-state index in [-0.39, 0.29) is 5.92 Å². The highest BCUT2D eigenvalue weighted by molar-refractivity contribution is 5.90. The van der Waals surface area contributed by atoms with Gasteiger partial charge >= 0.3 is 0 Å². The van der Waals surface area contributed by atoms with Crippen molar-refractivity contribution in [2.45, 2.75) is 32.2 Å². The third kappa shape index (κ3) is 2.92. The molecule has 1 atom stereocenters. The number of ether oxygens (including phenoxy) is 1. The lowest BCUT2D eigenvalue weighted by molar-refractivity contribution is 0.422. The van der Waals surface area contributed by atoms with E-state index in [1.54, 1.807) is 6.33 Å². The van der Waals surface area contributed by atoms with Crippen molar-refractivity contribution in [2.75, 3.05) is 0 Å². The van der Waals surface area contributed by atoms with Crippen LogP contribution in [0.15, 0.2) is 73.1 Å². The number of hydrogen-bond donors (Lipinski definition) is 1. The van der Waals surface area contributed by atoms with Crippen molar-refractivity contribution in [3.8, 4) is 11.6 Å². The fourth-order valence-corrected chi connectivity index (χ4v) is 4.23. The maximum absolute atomic E-state index is 8.98. The van der Waals surface area contributed by atoms with Gasteiger partial charge in [-0.1, -0.05) is 74.0 Å². The van der Waals surface area contributed by atoms with Crippen LogP contribution in [0.3, 0.4) is 0 Å². The third-order valence-corrected chi connectivity index (χ3v) is 5.69. The summed E-state index contributed by atoms with van der Waals surface area (Å²) in [5.41, 5.74) is 3.60. The third-order valence-electron chi connectivity index (χ3n) is 5.69. The second-order valence-electron chi connectivity index (χ2n) is 7.50. The first-order valence-corrected chi connectivity index (χ1v) is 10.2. The minimum Gasteiger partial charge on any atom is -0.438 e. The topological polar surface area (TPSA) is 50.9 Å². The Morgan fingerprint density at radius 2 is 1.76 bits per heavy atom. The summed E-state index contributed by atoms with van der Waals surface area (Å²) in [6, 6.07) is 22.9. The summed E-state index contributed by atoms with van der Waals surface area (Å²) in [4.78, 5) is 4.61. The Morgan fingerprint density at radius 3 is 2.59 bits per heavy atom. The molecule has 4 aromatic rings. The van der Waals surface area contributed by atoms with Crippen LogP contribution in [0.4, 0.5) is 0 Å². The molecule has 1 aromatic heterocycles. The summed E-state index contributed by atoms with van der Waals surface area (Å²) >= 11 is 0. The normalized spacial score (nSPS) is 14.9. The number of hydrogen-bond acceptors (Lipinski definition) is 3. The molecule has 0 fully saturated rings. The molecule has 144 valence electrons. The molecule has 29 heavy (non-hydrogen) atoms. The highest BCUT2D eigenvalue weighted by Gasteiger charge is 2.33. The number of nitrogens with zero attached hydrogens (tertiary/aromatic N) is 2. The molecule has 5 rings (SSSR count). The zero-order valence-corrected chi connectivity index (χ0v) is 16.4. The van der Waals surface area contributed by atoms with Gasteiger partial charge in [0.25, 0.3) is 0 Å². The second kappa shape index (κ2) is 7.21. The minimum atomic E-state index is -0.0878. The lowest BCUT2D eigenvalue weighted by atomic mass is 9.81. The van der Waals surface area contributed by atoms with Crippen LogP contribution >= 0.6 is 0 Å². The standard InChI is InChI=1S/C25H23N3O/c1-2-3-15-28-16-27-25-23(24(28)26)21(18-10-5-4-6-11-18)22-19-12-8-7-9-17(19)13-14-20(22)29-25/h4-14,16,21,26H,2-3,15H2,1H3/t21-/m0/s1. The van der Waals surface area contributed by atoms with Crippen LogP contribution in [-0.2, 0) is 6.54 Å². The van der Waals surface area contributed by atoms with Gasteiger partial charge in [0.1, 0.15) is 17.6 Å². The molecule has 0 amide bonds.